The molecule has 0 bridgehead atoms. The second-order valence-corrected chi connectivity index (χ2v) is 5.64. The summed E-state index contributed by atoms with van der Waals surface area (Å²) >= 11 is 5.71. The maximum absolute atomic E-state index is 12.8. The van der Waals surface area contributed by atoms with Gasteiger partial charge in [-0.05, 0) is 13.5 Å². The molecule has 1 aromatic rings. The summed E-state index contributed by atoms with van der Waals surface area (Å²) in [6, 6.07) is 0. The van der Waals surface area contributed by atoms with Crippen molar-refractivity contribution >= 4 is 11.6 Å². The van der Waals surface area contributed by atoms with Crippen molar-refractivity contribution in [3.8, 4) is 0 Å². The van der Waals surface area contributed by atoms with E-state index in [9.17, 15) is 13.2 Å². The lowest BCUT2D eigenvalue weighted by Gasteiger charge is -2.26. The molecular weight excluding hydrogens is 293 g/mol. The smallest absolute Gasteiger partial charge is 0.313 e. The molecule has 0 fully saturated rings. The molecule has 0 amide bonds. The number of hydrogen-bond donors (Lipinski definition) is 0. The van der Waals surface area contributed by atoms with Gasteiger partial charge in [0.2, 0.25) is 0 Å². The Morgan fingerprint density at radius 1 is 1.50 bits per heavy atom. The fourth-order valence-corrected chi connectivity index (χ4v) is 2.56. The van der Waals surface area contributed by atoms with Crippen LogP contribution in [-0.2, 0) is 19.5 Å². The third-order valence-corrected chi connectivity index (χ3v) is 3.46. The van der Waals surface area contributed by atoms with Crippen LogP contribution in [0.15, 0.2) is 11.6 Å². The molecule has 1 unspecified atom stereocenters. The summed E-state index contributed by atoms with van der Waals surface area (Å²) in [5.74, 6) is -0.161. The van der Waals surface area contributed by atoms with Crippen molar-refractivity contribution in [2.45, 2.75) is 32.1 Å². The number of likely N-dealkylation sites (N-methyl/N-ethyl adjacent to an activating group) is 1. The van der Waals surface area contributed by atoms with Crippen molar-refractivity contribution in [1.82, 2.24) is 19.7 Å². The molecule has 2 heterocycles. The SMILES string of the molecule is C=C(Cl)CN(C)Cc1nnc2n1CC(C(F)(F)F)CC2. The maximum atomic E-state index is 12.8. The Bertz CT molecular complexity index is 497. The minimum Gasteiger partial charge on any atom is -0.313 e. The molecule has 8 heteroatoms. The van der Waals surface area contributed by atoms with Crippen LogP contribution in [0.5, 0.6) is 0 Å². The molecule has 1 aliphatic heterocycles. The van der Waals surface area contributed by atoms with Gasteiger partial charge in [-0.2, -0.15) is 13.2 Å². The molecule has 0 N–H and O–H groups in total. The summed E-state index contributed by atoms with van der Waals surface area (Å²) < 4.78 is 40.0. The number of fused-ring (bicyclic) bond motifs is 1. The van der Waals surface area contributed by atoms with Gasteiger partial charge in [0.05, 0.1) is 12.5 Å². The molecule has 0 radical (unpaired) electrons. The van der Waals surface area contributed by atoms with E-state index in [4.69, 9.17) is 11.6 Å². The van der Waals surface area contributed by atoms with E-state index in [1.807, 2.05) is 4.90 Å². The summed E-state index contributed by atoms with van der Waals surface area (Å²) in [5, 5.41) is 8.43. The molecular formula is C12H16ClF3N4. The average Bonchev–Trinajstić information content (AvgIpc) is 2.69. The molecule has 20 heavy (non-hydrogen) atoms. The third kappa shape index (κ3) is 3.52. The lowest BCUT2D eigenvalue weighted by molar-refractivity contribution is -0.182. The molecule has 112 valence electrons. The highest BCUT2D eigenvalue weighted by Crippen LogP contribution is 2.34. The van der Waals surface area contributed by atoms with Crippen LogP contribution in [-0.4, -0.2) is 39.4 Å². The average molecular weight is 309 g/mol. The van der Waals surface area contributed by atoms with Gasteiger partial charge in [-0.1, -0.05) is 18.2 Å². The zero-order valence-electron chi connectivity index (χ0n) is 11.1. The third-order valence-electron chi connectivity index (χ3n) is 3.34. The number of hydrogen-bond acceptors (Lipinski definition) is 3. The van der Waals surface area contributed by atoms with E-state index >= 15 is 0 Å². The highest BCUT2D eigenvalue weighted by Gasteiger charge is 2.42. The molecule has 4 nitrogen and oxygen atoms in total. The van der Waals surface area contributed by atoms with Crippen molar-refractivity contribution in [3.05, 3.63) is 23.3 Å². The number of alkyl halides is 3. The molecule has 0 saturated heterocycles. The van der Waals surface area contributed by atoms with E-state index in [0.29, 0.717) is 36.2 Å². The predicted molar refractivity (Wildman–Crippen MR) is 69.2 cm³/mol. The first kappa shape index (κ1) is 15.3. The van der Waals surface area contributed by atoms with Gasteiger partial charge in [-0.15, -0.1) is 10.2 Å². The van der Waals surface area contributed by atoms with Crippen molar-refractivity contribution in [1.29, 1.82) is 0 Å². The van der Waals surface area contributed by atoms with Crippen LogP contribution < -0.4 is 0 Å². The van der Waals surface area contributed by atoms with E-state index < -0.39 is 12.1 Å². The summed E-state index contributed by atoms with van der Waals surface area (Å²) in [6.07, 6.45) is -3.78. The minimum absolute atomic E-state index is 0.0793. The van der Waals surface area contributed by atoms with Crippen LogP contribution >= 0.6 is 11.6 Å². The van der Waals surface area contributed by atoms with Gasteiger partial charge < -0.3 is 4.57 Å². The summed E-state index contributed by atoms with van der Waals surface area (Å²) in [6.45, 7) is 4.33. The number of rotatable bonds is 4. The predicted octanol–water partition coefficient (Wildman–Crippen LogP) is 2.59. The maximum Gasteiger partial charge on any atom is 0.393 e. The van der Waals surface area contributed by atoms with Crippen molar-refractivity contribution in [2.24, 2.45) is 5.92 Å². The highest BCUT2D eigenvalue weighted by atomic mass is 35.5. The first-order valence-corrected chi connectivity index (χ1v) is 6.64. The molecule has 0 aromatic carbocycles. The van der Waals surface area contributed by atoms with Crippen molar-refractivity contribution in [3.63, 3.8) is 0 Å². The Balaban J connectivity index is 2.11. The quantitative estimate of drug-likeness (QED) is 0.857. The number of nitrogens with zero attached hydrogens (tertiary/aromatic N) is 4. The minimum atomic E-state index is -4.17. The van der Waals surface area contributed by atoms with Crippen molar-refractivity contribution in [2.75, 3.05) is 13.6 Å². The largest absolute Gasteiger partial charge is 0.393 e. The second kappa shape index (κ2) is 5.73. The van der Waals surface area contributed by atoms with Gasteiger partial charge >= 0.3 is 6.18 Å². The molecule has 0 spiro atoms. The Labute approximate surface area is 120 Å². The molecule has 1 aliphatic rings. The normalized spacial score (nSPS) is 19.2. The first-order valence-electron chi connectivity index (χ1n) is 6.27. The molecule has 1 aromatic heterocycles. The monoisotopic (exact) mass is 308 g/mol. The van der Waals surface area contributed by atoms with Crippen LogP contribution in [0.4, 0.5) is 13.2 Å². The second-order valence-electron chi connectivity index (χ2n) is 5.11. The van der Waals surface area contributed by atoms with Gasteiger partial charge in [0.15, 0.2) is 0 Å². The fraction of sp³-hybridized carbons (Fsp3) is 0.667. The standard InChI is InChI=1S/C12H16ClF3N4/c1-8(13)5-19(2)7-11-18-17-10-4-3-9(6-20(10)11)12(14,15)16/h9H,1,3-7H2,2H3. The van der Waals surface area contributed by atoms with Gasteiger partial charge in [0.25, 0.3) is 0 Å². The number of halogens is 4. The molecule has 0 aliphatic carbocycles. The van der Waals surface area contributed by atoms with E-state index in [2.05, 4.69) is 16.8 Å². The van der Waals surface area contributed by atoms with Gasteiger partial charge in [-0.25, -0.2) is 0 Å². The zero-order valence-corrected chi connectivity index (χ0v) is 11.9. The van der Waals surface area contributed by atoms with Crippen LogP contribution in [0.3, 0.4) is 0 Å². The lowest BCUT2D eigenvalue weighted by Crippen LogP contribution is -2.33. The van der Waals surface area contributed by atoms with Crippen LogP contribution in [0.2, 0.25) is 0 Å². The molecule has 1 atom stereocenters. The van der Waals surface area contributed by atoms with Gasteiger partial charge in [-0.3, -0.25) is 4.90 Å². The van der Waals surface area contributed by atoms with E-state index in [1.54, 1.807) is 11.6 Å². The lowest BCUT2D eigenvalue weighted by atomic mass is 9.99. The van der Waals surface area contributed by atoms with Crippen LogP contribution in [0.1, 0.15) is 18.1 Å². The Morgan fingerprint density at radius 3 is 2.80 bits per heavy atom. The molecule has 2 rings (SSSR count). The fourth-order valence-electron chi connectivity index (χ4n) is 2.36. The Morgan fingerprint density at radius 2 is 2.20 bits per heavy atom. The topological polar surface area (TPSA) is 34.0 Å². The summed E-state index contributed by atoms with van der Waals surface area (Å²) in [7, 11) is 1.80. The summed E-state index contributed by atoms with van der Waals surface area (Å²) in [5.41, 5.74) is 0. The highest BCUT2D eigenvalue weighted by molar-refractivity contribution is 6.29. The summed E-state index contributed by atoms with van der Waals surface area (Å²) in [4.78, 5) is 1.84. The van der Waals surface area contributed by atoms with Gasteiger partial charge in [0.1, 0.15) is 11.6 Å². The van der Waals surface area contributed by atoms with Gasteiger partial charge in [0, 0.05) is 24.5 Å². The number of aryl methyl sites for hydroxylation is 1. The van der Waals surface area contributed by atoms with Crippen LogP contribution in [0, 0.1) is 5.92 Å². The Kier molecular flexibility index (Phi) is 4.39. The zero-order chi connectivity index (χ0) is 14.9. The Hall–Kier alpha value is -1.08. The van der Waals surface area contributed by atoms with Crippen LogP contribution in [0.25, 0.3) is 0 Å². The first-order chi connectivity index (χ1) is 9.27. The molecule has 0 saturated carbocycles. The van der Waals surface area contributed by atoms with Crippen molar-refractivity contribution < 1.29 is 13.2 Å². The van der Waals surface area contributed by atoms with E-state index in [-0.39, 0.29) is 13.0 Å². The van der Waals surface area contributed by atoms with E-state index in [0.717, 1.165) is 0 Å². The van der Waals surface area contributed by atoms with E-state index in [1.165, 1.54) is 0 Å². The number of aromatic nitrogens is 3.